The molecule has 1 aromatic heterocycles. The van der Waals surface area contributed by atoms with Crippen molar-refractivity contribution in [1.82, 2.24) is 4.98 Å². The van der Waals surface area contributed by atoms with Gasteiger partial charge in [0.2, 0.25) is 5.91 Å². The van der Waals surface area contributed by atoms with Crippen molar-refractivity contribution in [3.8, 4) is 0 Å². The molecule has 0 aromatic carbocycles. The minimum absolute atomic E-state index is 0.293. The van der Waals surface area contributed by atoms with Crippen LogP contribution in [-0.2, 0) is 6.18 Å². The van der Waals surface area contributed by atoms with E-state index in [1.165, 1.54) is 0 Å². The van der Waals surface area contributed by atoms with Crippen LogP contribution in [0.1, 0.15) is 26.4 Å². The van der Waals surface area contributed by atoms with Gasteiger partial charge in [-0.15, -0.1) is 0 Å². The van der Waals surface area contributed by atoms with Crippen LogP contribution in [0.5, 0.6) is 0 Å². The summed E-state index contributed by atoms with van der Waals surface area (Å²) in [6.45, 7) is 0. The molecule has 0 saturated heterocycles. The fourth-order valence-corrected chi connectivity index (χ4v) is 1.37. The minimum Gasteiger partial charge on any atom is -0.366 e. The molecule has 92 valence electrons. The van der Waals surface area contributed by atoms with E-state index in [-0.39, 0.29) is 5.33 Å². The number of amides is 1. The number of primary amides is 1. The Kier molecular flexibility index (Phi) is 3.87. The number of ketones is 1. The lowest BCUT2D eigenvalue weighted by atomic mass is 10.1. The number of hydrogen-bond donors (Lipinski definition) is 1. The Labute approximate surface area is 102 Å². The summed E-state index contributed by atoms with van der Waals surface area (Å²) in [5.74, 6) is -1.87. The van der Waals surface area contributed by atoms with Crippen molar-refractivity contribution in [2.75, 3.05) is 5.33 Å². The van der Waals surface area contributed by atoms with Crippen molar-refractivity contribution in [3.05, 3.63) is 29.1 Å². The molecule has 0 saturated carbocycles. The summed E-state index contributed by atoms with van der Waals surface area (Å²) in [7, 11) is 0. The van der Waals surface area contributed by atoms with Crippen LogP contribution in [0.2, 0.25) is 0 Å². The van der Waals surface area contributed by atoms with Crippen LogP contribution in [0.3, 0.4) is 0 Å². The van der Waals surface area contributed by atoms with Gasteiger partial charge in [-0.3, -0.25) is 14.6 Å². The second-order valence-electron chi connectivity index (χ2n) is 3.04. The average molecular weight is 311 g/mol. The van der Waals surface area contributed by atoms with Gasteiger partial charge in [0.1, 0.15) is 5.69 Å². The number of carbonyl (C=O) groups is 2. The third-order valence-corrected chi connectivity index (χ3v) is 2.37. The van der Waals surface area contributed by atoms with Gasteiger partial charge in [-0.2, -0.15) is 13.2 Å². The summed E-state index contributed by atoms with van der Waals surface area (Å²) in [6.07, 6.45) is -3.93. The normalized spacial score (nSPS) is 11.3. The van der Waals surface area contributed by atoms with Crippen LogP contribution >= 0.6 is 15.9 Å². The molecule has 0 bridgehead atoms. The number of Topliss-reactive ketones (excluding diaryl/α,β-unsaturated/α-hetero) is 1. The van der Waals surface area contributed by atoms with Crippen LogP contribution in [0.25, 0.3) is 0 Å². The van der Waals surface area contributed by atoms with E-state index in [9.17, 15) is 22.8 Å². The number of aromatic nitrogens is 1. The van der Waals surface area contributed by atoms with Crippen molar-refractivity contribution in [1.29, 1.82) is 0 Å². The number of carbonyl (C=O) groups excluding carboxylic acids is 2. The molecule has 1 rings (SSSR count). The largest absolute Gasteiger partial charge is 0.418 e. The second kappa shape index (κ2) is 4.82. The first-order chi connectivity index (χ1) is 7.77. The number of nitrogens with two attached hydrogens (primary N) is 1. The molecule has 0 aliphatic carbocycles. The van der Waals surface area contributed by atoms with Gasteiger partial charge < -0.3 is 5.73 Å². The van der Waals surface area contributed by atoms with Crippen molar-refractivity contribution < 1.29 is 22.8 Å². The number of alkyl halides is 4. The molecule has 1 heterocycles. The van der Waals surface area contributed by atoms with Gasteiger partial charge in [0.25, 0.3) is 0 Å². The lowest BCUT2D eigenvalue weighted by molar-refractivity contribution is -0.138. The van der Waals surface area contributed by atoms with Crippen LogP contribution in [0.15, 0.2) is 12.3 Å². The summed E-state index contributed by atoms with van der Waals surface area (Å²) in [4.78, 5) is 25.3. The zero-order chi connectivity index (χ0) is 13.2. The van der Waals surface area contributed by atoms with Gasteiger partial charge in [-0.05, 0) is 6.07 Å². The Morgan fingerprint density at radius 1 is 1.41 bits per heavy atom. The van der Waals surface area contributed by atoms with Crippen LogP contribution in [0, 0.1) is 0 Å². The van der Waals surface area contributed by atoms with E-state index in [4.69, 9.17) is 5.73 Å². The fraction of sp³-hybridized carbons (Fsp3) is 0.222. The molecule has 1 amide bonds. The van der Waals surface area contributed by atoms with E-state index in [0.29, 0.717) is 6.07 Å². The fourth-order valence-electron chi connectivity index (χ4n) is 1.10. The Bertz CT molecular complexity index is 474. The molecule has 4 nitrogen and oxygen atoms in total. The van der Waals surface area contributed by atoms with Gasteiger partial charge in [0, 0.05) is 6.20 Å². The highest BCUT2D eigenvalue weighted by Crippen LogP contribution is 2.32. The third-order valence-electron chi connectivity index (χ3n) is 1.86. The van der Waals surface area contributed by atoms with Crippen LogP contribution in [-0.4, -0.2) is 22.0 Å². The van der Waals surface area contributed by atoms with E-state index < -0.39 is 34.7 Å². The molecule has 0 atom stereocenters. The topological polar surface area (TPSA) is 73.1 Å². The zero-order valence-corrected chi connectivity index (χ0v) is 9.80. The molecule has 17 heavy (non-hydrogen) atoms. The lowest BCUT2D eigenvalue weighted by Crippen LogP contribution is -2.19. The first-order valence-electron chi connectivity index (χ1n) is 4.23. The predicted molar refractivity (Wildman–Crippen MR) is 55.9 cm³/mol. The molecular weight excluding hydrogens is 305 g/mol. The van der Waals surface area contributed by atoms with Gasteiger partial charge in [0.05, 0.1) is 16.5 Å². The van der Waals surface area contributed by atoms with E-state index >= 15 is 0 Å². The molecule has 0 unspecified atom stereocenters. The predicted octanol–water partition coefficient (Wildman–Crippen LogP) is 1.78. The van der Waals surface area contributed by atoms with Crippen molar-refractivity contribution in [3.63, 3.8) is 0 Å². The number of nitrogens with zero attached hydrogens (tertiary/aromatic N) is 1. The maximum Gasteiger partial charge on any atom is 0.418 e. The van der Waals surface area contributed by atoms with Gasteiger partial charge in [-0.25, -0.2) is 0 Å². The van der Waals surface area contributed by atoms with Crippen molar-refractivity contribution in [2.24, 2.45) is 5.73 Å². The molecule has 0 aliphatic heterocycles. The zero-order valence-electron chi connectivity index (χ0n) is 8.21. The summed E-state index contributed by atoms with van der Waals surface area (Å²) < 4.78 is 37.9. The summed E-state index contributed by atoms with van der Waals surface area (Å²) >= 11 is 2.75. The van der Waals surface area contributed by atoms with E-state index in [0.717, 1.165) is 6.20 Å². The van der Waals surface area contributed by atoms with E-state index in [1.807, 2.05) is 0 Å². The smallest absolute Gasteiger partial charge is 0.366 e. The van der Waals surface area contributed by atoms with Gasteiger partial charge in [-0.1, -0.05) is 15.9 Å². The Morgan fingerprint density at radius 2 is 2.00 bits per heavy atom. The van der Waals surface area contributed by atoms with E-state index in [2.05, 4.69) is 20.9 Å². The maximum absolute atomic E-state index is 12.6. The number of pyridine rings is 1. The first kappa shape index (κ1) is 13.6. The molecule has 0 spiro atoms. The molecule has 1 aromatic rings. The van der Waals surface area contributed by atoms with Gasteiger partial charge >= 0.3 is 6.18 Å². The average Bonchev–Trinajstić information content (AvgIpc) is 2.26. The summed E-state index contributed by atoms with van der Waals surface area (Å²) in [5, 5.41) is -0.293. The third kappa shape index (κ3) is 3.02. The molecule has 8 heteroatoms. The first-order valence-corrected chi connectivity index (χ1v) is 5.35. The Hall–Kier alpha value is -1.44. The van der Waals surface area contributed by atoms with Gasteiger partial charge in [0.15, 0.2) is 5.78 Å². The monoisotopic (exact) mass is 310 g/mol. The van der Waals surface area contributed by atoms with Crippen molar-refractivity contribution in [2.45, 2.75) is 6.18 Å². The number of hydrogen-bond acceptors (Lipinski definition) is 3. The van der Waals surface area contributed by atoms with Crippen LogP contribution < -0.4 is 5.73 Å². The SMILES string of the molecule is NC(=O)c1cnc(C(=O)CBr)c(C(F)(F)F)c1. The summed E-state index contributed by atoms with van der Waals surface area (Å²) in [5.41, 5.74) is 2.44. The maximum atomic E-state index is 12.6. The lowest BCUT2D eigenvalue weighted by Gasteiger charge is -2.11. The second-order valence-corrected chi connectivity index (χ2v) is 3.60. The number of halogens is 4. The molecular formula is C9H6BrF3N2O2. The van der Waals surface area contributed by atoms with E-state index in [1.54, 1.807) is 0 Å². The molecule has 0 radical (unpaired) electrons. The molecule has 2 N–H and O–H groups in total. The Morgan fingerprint density at radius 3 is 2.41 bits per heavy atom. The molecule has 0 fully saturated rings. The molecule has 0 aliphatic rings. The Balaban J connectivity index is 3.42. The van der Waals surface area contributed by atoms with Crippen molar-refractivity contribution >= 4 is 27.6 Å². The van der Waals surface area contributed by atoms with Crippen LogP contribution in [0.4, 0.5) is 13.2 Å². The standard InChI is InChI=1S/C9H6BrF3N2O2/c10-2-6(16)7-5(9(11,12)13)1-4(3-15-7)8(14)17/h1,3H,2H2,(H2,14,17). The minimum atomic E-state index is -4.77. The quantitative estimate of drug-likeness (QED) is 0.683. The highest BCUT2D eigenvalue weighted by atomic mass is 79.9. The highest BCUT2D eigenvalue weighted by Gasteiger charge is 2.36. The summed E-state index contributed by atoms with van der Waals surface area (Å²) in [6, 6.07) is 0.519. The number of rotatable bonds is 3. The highest BCUT2D eigenvalue weighted by molar-refractivity contribution is 9.09.